The molecule has 4 aromatic rings. The average molecular weight is 416 g/mol. The fourth-order valence-electron chi connectivity index (χ4n) is 3.57. The van der Waals surface area contributed by atoms with Crippen LogP contribution < -0.4 is 10.5 Å². The molecule has 7 nitrogen and oxygen atoms in total. The van der Waals surface area contributed by atoms with Gasteiger partial charge in [0.2, 0.25) is 5.95 Å². The van der Waals surface area contributed by atoms with Crippen molar-refractivity contribution in [3.63, 3.8) is 0 Å². The Bertz CT molecular complexity index is 1200. The number of imidazole rings is 1. The molecule has 2 heterocycles. The van der Waals surface area contributed by atoms with E-state index in [1.807, 2.05) is 53.1 Å². The molecule has 2 aromatic carbocycles. The van der Waals surface area contributed by atoms with Crippen molar-refractivity contribution in [2.45, 2.75) is 25.8 Å². The second-order valence-corrected chi connectivity index (χ2v) is 7.25. The molecular formula is C24H24N4O3. The molecule has 3 N–H and O–H groups in total. The largest absolute Gasteiger partial charge is 0.493 e. The number of carbonyl (C=O) groups is 1. The lowest BCUT2D eigenvalue weighted by atomic mass is 10.1. The number of nitrogen functional groups attached to an aromatic ring is 1. The molecule has 0 amide bonds. The third-order valence-corrected chi connectivity index (χ3v) is 5.14. The summed E-state index contributed by atoms with van der Waals surface area (Å²) in [5, 5.41) is 9.22. The number of fused-ring (bicyclic) bond motifs is 1. The second kappa shape index (κ2) is 9.30. The maximum Gasteiger partial charge on any atom is 0.335 e. The van der Waals surface area contributed by atoms with E-state index in [9.17, 15) is 9.90 Å². The number of anilines is 1. The number of para-hydroxylation sites is 3. The Balaban J connectivity index is 1.32. The van der Waals surface area contributed by atoms with Gasteiger partial charge in [-0.1, -0.05) is 24.3 Å². The van der Waals surface area contributed by atoms with Crippen molar-refractivity contribution in [1.29, 1.82) is 0 Å². The van der Waals surface area contributed by atoms with E-state index in [1.165, 1.54) is 12.3 Å². The van der Waals surface area contributed by atoms with Crippen LogP contribution in [0.15, 0.2) is 66.9 Å². The molecule has 0 saturated carbocycles. The highest BCUT2D eigenvalue weighted by Crippen LogP contribution is 2.29. The number of pyridine rings is 1. The predicted octanol–water partition coefficient (Wildman–Crippen LogP) is 4.63. The van der Waals surface area contributed by atoms with Gasteiger partial charge in [0.05, 0.1) is 28.9 Å². The van der Waals surface area contributed by atoms with E-state index in [4.69, 9.17) is 10.5 Å². The number of carboxylic acids is 1. The summed E-state index contributed by atoms with van der Waals surface area (Å²) in [6.07, 6.45) is 4.35. The smallest absolute Gasteiger partial charge is 0.335 e. The number of rotatable bonds is 9. The maximum atomic E-state index is 11.2. The van der Waals surface area contributed by atoms with E-state index in [-0.39, 0.29) is 5.56 Å². The maximum absolute atomic E-state index is 11.2. The Morgan fingerprint density at radius 1 is 1.03 bits per heavy atom. The van der Waals surface area contributed by atoms with Crippen molar-refractivity contribution < 1.29 is 14.6 Å². The van der Waals surface area contributed by atoms with E-state index < -0.39 is 5.97 Å². The van der Waals surface area contributed by atoms with Crippen molar-refractivity contribution >= 4 is 23.0 Å². The van der Waals surface area contributed by atoms with Crippen molar-refractivity contribution in [3.05, 3.63) is 72.4 Å². The minimum atomic E-state index is -0.978. The van der Waals surface area contributed by atoms with Gasteiger partial charge in [0.25, 0.3) is 0 Å². The fraction of sp³-hybridized carbons (Fsp3) is 0.208. The molecule has 0 spiro atoms. The van der Waals surface area contributed by atoms with Crippen LogP contribution in [0, 0.1) is 0 Å². The molecule has 31 heavy (non-hydrogen) atoms. The lowest BCUT2D eigenvalue weighted by Crippen LogP contribution is -2.04. The summed E-state index contributed by atoms with van der Waals surface area (Å²) in [5.41, 5.74) is 9.59. The normalized spacial score (nSPS) is 11.0. The van der Waals surface area contributed by atoms with E-state index in [2.05, 4.69) is 9.97 Å². The van der Waals surface area contributed by atoms with Crippen molar-refractivity contribution in [1.82, 2.24) is 14.5 Å². The lowest BCUT2D eigenvalue weighted by molar-refractivity contribution is 0.0697. The summed E-state index contributed by atoms with van der Waals surface area (Å²) in [5.74, 6) is 0.262. The highest BCUT2D eigenvalue weighted by Gasteiger charge is 2.11. The van der Waals surface area contributed by atoms with E-state index in [0.717, 1.165) is 42.4 Å². The van der Waals surface area contributed by atoms with E-state index in [0.29, 0.717) is 24.0 Å². The molecule has 0 unspecified atom stereocenters. The number of ether oxygens (including phenoxy) is 1. The first-order valence-electron chi connectivity index (χ1n) is 10.3. The second-order valence-electron chi connectivity index (χ2n) is 7.25. The van der Waals surface area contributed by atoms with Crippen LogP contribution in [-0.2, 0) is 6.54 Å². The average Bonchev–Trinajstić information content (AvgIpc) is 3.11. The minimum Gasteiger partial charge on any atom is -0.493 e. The first-order valence-corrected chi connectivity index (χ1v) is 10.3. The molecule has 4 rings (SSSR count). The summed E-state index contributed by atoms with van der Waals surface area (Å²) in [7, 11) is 0. The molecule has 0 aliphatic rings. The molecule has 0 fully saturated rings. The molecule has 0 aliphatic heterocycles. The van der Waals surface area contributed by atoms with Gasteiger partial charge in [-0.05, 0) is 55.7 Å². The Labute approximate surface area is 180 Å². The summed E-state index contributed by atoms with van der Waals surface area (Å²) in [6.45, 7) is 1.38. The molecule has 2 aromatic heterocycles. The molecule has 0 aliphatic carbocycles. The first-order chi connectivity index (χ1) is 15.1. The number of hydrogen-bond acceptors (Lipinski definition) is 5. The van der Waals surface area contributed by atoms with E-state index >= 15 is 0 Å². The van der Waals surface area contributed by atoms with Crippen LogP contribution >= 0.6 is 0 Å². The number of nitrogens with zero attached hydrogens (tertiary/aromatic N) is 3. The molecule has 7 heteroatoms. The van der Waals surface area contributed by atoms with Gasteiger partial charge in [-0.3, -0.25) is 4.98 Å². The van der Waals surface area contributed by atoms with Gasteiger partial charge in [0.1, 0.15) is 5.75 Å². The van der Waals surface area contributed by atoms with Gasteiger partial charge >= 0.3 is 5.97 Å². The standard InChI is InChI=1S/C24H24N4O3/c25-24-27-19-9-3-4-10-21(19)28(24)14-6-1-7-15-31-22-11-5-2-8-18(22)20-16-17(23(29)30)12-13-26-20/h2-5,8-13,16H,1,6-7,14-15H2,(H2,25,27)(H,29,30). The minimum absolute atomic E-state index is 0.200. The third kappa shape index (κ3) is 4.66. The van der Waals surface area contributed by atoms with Crippen LogP contribution in [0.25, 0.3) is 22.3 Å². The number of carboxylic acid groups (broad SMARTS) is 1. The highest BCUT2D eigenvalue weighted by atomic mass is 16.5. The predicted molar refractivity (Wildman–Crippen MR) is 120 cm³/mol. The summed E-state index contributed by atoms with van der Waals surface area (Å²) in [4.78, 5) is 20.0. The molecular weight excluding hydrogens is 392 g/mol. The Morgan fingerprint density at radius 3 is 2.71 bits per heavy atom. The number of nitrogens with two attached hydrogens (primary N) is 1. The third-order valence-electron chi connectivity index (χ3n) is 5.14. The summed E-state index contributed by atoms with van der Waals surface area (Å²) >= 11 is 0. The van der Waals surface area contributed by atoms with Crippen LogP contribution in [0.3, 0.4) is 0 Å². The van der Waals surface area contributed by atoms with Crippen LogP contribution in [0.4, 0.5) is 5.95 Å². The zero-order chi connectivity index (χ0) is 21.6. The van der Waals surface area contributed by atoms with Gasteiger partial charge in [0.15, 0.2) is 0 Å². The van der Waals surface area contributed by atoms with E-state index in [1.54, 1.807) is 6.07 Å². The first kappa shape index (κ1) is 20.4. The van der Waals surface area contributed by atoms with Crippen LogP contribution in [-0.4, -0.2) is 32.2 Å². The molecule has 0 bridgehead atoms. The topological polar surface area (TPSA) is 103 Å². The summed E-state index contributed by atoms with van der Waals surface area (Å²) in [6, 6.07) is 18.5. The number of hydrogen-bond donors (Lipinski definition) is 2. The van der Waals surface area contributed by atoms with Gasteiger partial charge < -0.3 is 20.1 Å². The van der Waals surface area contributed by atoms with Crippen LogP contribution in [0.2, 0.25) is 0 Å². The molecule has 0 saturated heterocycles. The van der Waals surface area contributed by atoms with Gasteiger partial charge in [-0.2, -0.15) is 0 Å². The quantitative estimate of drug-likeness (QED) is 0.386. The van der Waals surface area contributed by atoms with Gasteiger partial charge in [0, 0.05) is 18.3 Å². The number of aryl methyl sites for hydroxylation is 1. The highest BCUT2D eigenvalue weighted by molar-refractivity contribution is 5.89. The number of unbranched alkanes of at least 4 members (excludes halogenated alkanes) is 2. The van der Waals surface area contributed by atoms with Crippen LogP contribution in [0.5, 0.6) is 5.75 Å². The number of benzene rings is 2. The zero-order valence-electron chi connectivity index (χ0n) is 17.1. The van der Waals surface area contributed by atoms with Crippen molar-refractivity contribution in [2.24, 2.45) is 0 Å². The zero-order valence-corrected chi connectivity index (χ0v) is 17.1. The number of aromatic nitrogens is 3. The fourth-order valence-corrected chi connectivity index (χ4v) is 3.57. The lowest BCUT2D eigenvalue weighted by Gasteiger charge is -2.12. The monoisotopic (exact) mass is 416 g/mol. The number of aromatic carboxylic acids is 1. The van der Waals surface area contributed by atoms with Crippen LogP contribution in [0.1, 0.15) is 29.6 Å². The molecule has 158 valence electrons. The summed E-state index contributed by atoms with van der Waals surface area (Å²) < 4.78 is 8.04. The van der Waals surface area contributed by atoms with Gasteiger partial charge in [-0.25, -0.2) is 9.78 Å². The van der Waals surface area contributed by atoms with Crippen molar-refractivity contribution in [3.8, 4) is 17.0 Å². The SMILES string of the molecule is Nc1nc2ccccc2n1CCCCCOc1ccccc1-c1cc(C(=O)O)ccn1. The Hall–Kier alpha value is -3.87. The molecule has 0 radical (unpaired) electrons. The Kier molecular flexibility index (Phi) is 6.12. The Morgan fingerprint density at radius 2 is 1.84 bits per heavy atom. The van der Waals surface area contributed by atoms with Gasteiger partial charge in [-0.15, -0.1) is 0 Å². The molecule has 0 atom stereocenters. The van der Waals surface area contributed by atoms with Crippen molar-refractivity contribution in [2.75, 3.05) is 12.3 Å².